The van der Waals surface area contributed by atoms with E-state index in [4.69, 9.17) is 4.74 Å². The van der Waals surface area contributed by atoms with Gasteiger partial charge in [-0.1, -0.05) is 6.07 Å². The van der Waals surface area contributed by atoms with E-state index in [-0.39, 0.29) is 12.5 Å². The van der Waals surface area contributed by atoms with Crippen LogP contribution in [0.3, 0.4) is 0 Å². The zero-order chi connectivity index (χ0) is 16.5. The summed E-state index contributed by atoms with van der Waals surface area (Å²) in [4.78, 5) is 24.0. The smallest absolute Gasteiger partial charge is 0.327 e. The number of ether oxygens (including phenoxy) is 1. The van der Waals surface area contributed by atoms with Gasteiger partial charge in [-0.2, -0.15) is 5.10 Å². The first-order chi connectivity index (χ1) is 11.8. The number of rotatable bonds is 6. The molecule has 0 saturated heterocycles. The average molecular weight is 343 g/mol. The van der Waals surface area contributed by atoms with Gasteiger partial charge in [-0.05, 0) is 24.3 Å². The molecule has 3 aromatic heterocycles. The van der Waals surface area contributed by atoms with Gasteiger partial charge in [-0.25, -0.2) is 14.6 Å². The van der Waals surface area contributed by atoms with Crippen molar-refractivity contribution in [2.24, 2.45) is 0 Å². The summed E-state index contributed by atoms with van der Waals surface area (Å²) in [5, 5.41) is 7.25. The molecule has 1 fully saturated rings. The van der Waals surface area contributed by atoms with Crippen LogP contribution in [0.5, 0.6) is 0 Å². The Morgan fingerprint density at radius 2 is 2.33 bits per heavy atom. The Morgan fingerprint density at radius 1 is 1.46 bits per heavy atom. The third-order valence-electron chi connectivity index (χ3n) is 4.09. The number of thiophene rings is 1. The number of hydrogen-bond acceptors (Lipinski definition) is 7. The van der Waals surface area contributed by atoms with E-state index in [1.807, 2.05) is 0 Å². The van der Waals surface area contributed by atoms with Gasteiger partial charge in [0.15, 0.2) is 5.65 Å². The van der Waals surface area contributed by atoms with E-state index < -0.39 is 0 Å². The van der Waals surface area contributed by atoms with Crippen molar-refractivity contribution in [1.82, 2.24) is 19.7 Å². The van der Waals surface area contributed by atoms with Gasteiger partial charge in [0.2, 0.25) is 0 Å². The SMILES string of the molecule is COC(=O)Cn1ncc2c(N(Cc3cccs3)C3CC3)ncnc21. The molecule has 4 rings (SSSR count). The van der Waals surface area contributed by atoms with Crippen LogP contribution >= 0.6 is 11.3 Å². The maximum absolute atomic E-state index is 11.5. The van der Waals surface area contributed by atoms with E-state index in [2.05, 4.69) is 37.5 Å². The van der Waals surface area contributed by atoms with Crippen LogP contribution in [-0.2, 0) is 22.6 Å². The number of methoxy groups -OCH3 is 1. The van der Waals surface area contributed by atoms with Crippen LogP contribution in [0.25, 0.3) is 11.0 Å². The second kappa shape index (κ2) is 6.20. The van der Waals surface area contributed by atoms with Crippen molar-refractivity contribution in [3.63, 3.8) is 0 Å². The standard InChI is InChI=1S/C16H17N5O2S/c1-23-14(22)9-21-16-13(7-19-21)15(17-10-18-16)20(11-4-5-11)8-12-3-2-6-24-12/h2-3,6-7,10-11H,4-5,8-9H2,1H3. The number of aromatic nitrogens is 4. The number of carbonyl (C=O) groups excluding carboxylic acids is 1. The highest BCUT2D eigenvalue weighted by Crippen LogP contribution is 2.35. The van der Waals surface area contributed by atoms with Gasteiger partial charge in [0.05, 0.1) is 25.2 Å². The van der Waals surface area contributed by atoms with Crippen LogP contribution in [-0.4, -0.2) is 38.9 Å². The Kier molecular flexibility index (Phi) is 3.89. The Hall–Kier alpha value is -2.48. The molecule has 1 aliphatic carbocycles. The predicted octanol–water partition coefficient (Wildman–Crippen LogP) is 2.23. The summed E-state index contributed by atoms with van der Waals surface area (Å²) in [7, 11) is 1.37. The molecule has 0 spiro atoms. The minimum absolute atomic E-state index is 0.0464. The number of nitrogens with zero attached hydrogens (tertiary/aromatic N) is 5. The van der Waals surface area contributed by atoms with E-state index >= 15 is 0 Å². The van der Waals surface area contributed by atoms with Crippen molar-refractivity contribution < 1.29 is 9.53 Å². The second-order valence-electron chi connectivity index (χ2n) is 5.75. The molecule has 1 saturated carbocycles. The van der Waals surface area contributed by atoms with Crippen LogP contribution in [0, 0.1) is 0 Å². The van der Waals surface area contributed by atoms with Gasteiger partial charge in [0, 0.05) is 10.9 Å². The predicted molar refractivity (Wildman–Crippen MR) is 90.9 cm³/mol. The molecule has 124 valence electrons. The van der Waals surface area contributed by atoms with E-state index in [1.54, 1.807) is 22.2 Å². The summed E-state index contributed by atoms with van der Waals surface area (Å²) in [6, 6.07) is 4.71. The van der Waals surface area contributed by atoms with Crippen LogP contribution in [0.2, 0.25) is 0 Å². The van der Waals surface area contributed by atoms with Crippen molar-refractivity contribution in [1.29, 1.82) is 0 Å². The molecule has 0 atom stereocenters. The van der Waals surface area contributed by atoms with Gasteiger partial charge >= 0.3 is 5.97 Å². The van der Waals surface area contributed by atoms with Crippen LogP contribution < -0.4 is 4.90 Å². The van der Waals surface area contributed by atoms with E-state index in [0.29, 0.717) is 11.7 Å². The fourth-order valence-corrected chi connectivity index (χ4v) is 3.45. The number of anilines is 1. The summed E-state index contributed by atoms with van der Waals surface area (Å²) < 4.78 is 6.27. The minimum Gasteiger partial charge on any atom is -0.468 e. The molecule has 0 unspecified atom stereocenters. The Morgan fingerprint density at radius 3 is 3.04 bits per heavy atom. The number of hydrogen-bond donors (Lipinski definition) is 0. The first-order valence-corrected chi connectivity index (χ1v) is 8.66. The number of esters is 1. The summed E-state index contributed by atoms with van der Waals surface area (Å²) >= 11 is 1.75. The average Bonchev–Trinajstić information content (AvgIpc) is 3.16. The highest BCUT2D eigenvalue weighted by molar-refractivity contribution is 7.09. The summed E-state index contributed by atoms with van der Waals surface area (Å²) in [5.74, 6) is 0.532. The van der Waals surface area contributed by atoms with Crippen molar-refractivity contribution in [3.8, 4) is 0 Å². The summed E-state index contributed by atoms with van der Waals surface area (Å²) in [6.07, 6.45) is 5.62. The van der Waals surface area contributed by atoms with Gasteiger partial charge in [0.25, 0.3) is 0 Å². The zero-order valence-corrected chi connectivity index (χ0v) is 14.1. The maximum Gasteiger partial charge on any atom is 0.327 e. The lowest BCUT2D eigenvalue weighted by Crippen LogP contribution is -2.25. The molecule has 24 heavy (non-hydrogen) atoms. The molecule has 0 radical (unpaired) electrons. The van der Waals surface area contributed by atoms with Crippen LogP contribution in [0.1, 0.15) is 17.7 Å². The molecule has 1 aliphatic rings. The van der Waals surface area contributed by atoms with Gasteiger partial charge < -0.3 is 9.64 Å². The topological polar surface area (TPSA) is 73.1 Å². The second-order valence-corrected chi connectivity index (χ2v) is 6.78. The van der Waals surface area contributed by atoms with E-state index in [9.17, 15) is 4.79 Å². The molecular formula is C16H17N5O2S. The Bertz CT molecular complexity index is 857. The normalized spacial score (nSPS) is 14.0. The zero-order valence-electron chi connectivity index (χ0n) is 13.3. The van der Waals surface area contributed by atoms with Crippen molar-refractivity contribution in [2.75, 3.05) is 12.0 Å². The molecule has 7 nitrogen and oxygen atoms in total. The molecule has 8 heteroatoms. The minimum atomic E-state index is -0.349. The van der Waals surface area contributed by atoms with Gasteiger partial charge in [-0.15, -0.1) is 11.3 Å². The molecular weight excluding hydrogens is 326 g/mol. The third kappa shape index (κ3) is 2.84. The number of carbonyl (C=O) groups is 1. The summed E-state index contributed by atoms with van der Waals surface area (Å²) in [6.45, 7) is 0.876. The maximum atomic E-state index is 11.5. The first kappa shape index (κ1) is 15.1. The quantitative estimate of drug-likeness (QED) is 0.639. The molecule has 3 aromatic rings. The molecule has 0 bridgehead atoms. The molecule has 0 aliphatic heterocycles. The lowest BCUT2D eigenvalue weighted by atomic mass is 10.3. The van der Waals surface area contributed by atoms with Gasteiger partial charge in [0.1, 0.15) is 18.7 Å². The Balaban J connectivity index is 1.71. The fourth-order valence-electron chi connectivity index (χ4n) is 2.75. The summed E-state index contributed by atoms with van der Waals surface area (Å²) in [5.41, 5.74) is 0.655. The lowest BCUT2D eigenvalue weighted by Gasteiger charge is -2.23. The molecule has 3 heterocycles. The first-order valence-electron chi connectivity index (χ1n) is 7.78. The highest BCUT2D eigenvalue weighted by Gasteiger charge is 2.32. The van der Waals surface area contributed by atoms with E-state index in [0.717, 1.165) is 17.7 Å². The highest BCUT2D eigenvalue weighted by atomic mass is 32.1. The number of fused-ring (bicyclic) bond motifs is 1. The van der Waals surface area contributed by atoms with Crippen molar-refractivity contribution in [2.45, 2.75) is 32.0 Å². The third-order valence-corrected chi connectivity index (χ3v) is 4.95. The van der Waals surface area contributed by atoms with Crippen molar-refractivity contribution in [3.05, 3.63) is 34.9 Å². The molecule has 0 N–H and O–H groups in total. The molecule has 0 amide bonds. The largest absolute Gasteiger partial charge is 0.468 e. The monoisotopic (exact) mass is 343 g/mol. The molecule has 0 aromatic carbocycles. The van der Waals surface area contributed by atoms with Crippen molar-refractivity contribution >= 4 is 34.2 Å². The van der Waals surface area contributed by atoms with Gasteiger partial charge in [-0.3, -0.25) is 4.79 Å². The van der Waals surface area contributed by atoms with Crippen LogP contribution in [0.4, 0.5) is 5.82 Å². The Labute approximate surface area is 142 Å². The van der Waals surface area contributed by atoms with Crippen LogP contribution in [0.15, 0.2) is 30.0 Å². The lowest BCUT2D eigenvalue weighted by molar-refractivity contribution is -0.141. The fraction of sp³-hybridized carbons (Fsp3) is 0.375. The van der Waals surface area contributed by atoms with E-state index in [1.165, 1.54) is 31.2 Å².